The smallest absolute Gasteiger partial charge is 0.341 e. The van der Waals surface area contributed by atoms with Crippen LogP contribution in [0.5, 0.6) is 0 Å². The number of esters is 1. The number of nitrogens with zero attached hydrogens (tertiary/aromatic N) is 1. The minimum atomic E-state index is -0.656. The molecule has 1 N–H and O–H groups in total. The van der Waals surface area contributed by atoms with Gasteiger partial charge < -0.3 is 15.0 Å². The number of amides is 2. The van der Waals surface area contributed by atoms with Crippen molar-refractivity contribution in [1.82, 2.24) is 4.90 Å². The molecule has 0 aliphatic carbocycles. The quantitative estimate of drug-likeness (QED) is 0.761. The van der Waals surface area contributed by atoms with Gasteiger partial charge in [-0.2, -0.15) is 0 Å². The first-order valence-corrected chi connectivity index (χ1v) is 9.23. The van der Waals surface area contributed by atoms with Gasteiger partial charge in [-0.25, -0.2) is 9.18 Å². The molecule has 0 atom stereocenters. The van der Waals surface area contributed by atoms with Crippen LogP contribution in [0.25, 0.3) is 0 Å². The van der Waals surface area contributed by atoms with Crippen molar-refractivity contribution in [3.05, 3.63) is 51.7 Å². The number of thiophene rings is 1. The van der Waals surface area contributed by atoms with Crippen LogP contribution < -0.4 is 5.32 Å². The molecule has 0 saturated carbocycles. The number of ether oxygens (including phenoxy) is 1. The summed E-state index contributed by atoms with van der Waals surface area (Å²) in [6.07, 6.45) is 0. The second kappa shape index (κ2) is 8.77. The van der Waals surface area contributed by atoms with Crippen molar-refractivity contribution in [3.63, 3.8) is 0 Å². The third-order valence-corrected chi connectivity index (χ3v) is 5.29. The third-order valence-electron chi connectivity index (χ3n) is 4.10. The lowest BCUT2D eigenvalue weighted by atomic mass is 10.1. The predicted molar refractivity (Wildman–Crippen MR) is 102 cm³/mol. The lowest BCUT2D eigenvalue weighted by Crippen LogP contribution is -2.30. The molecule has 2 amide bonds. The van der Waals surface area contributed by atoms with Crippen LogP contribution in [0.3, 0.4) is 0 Å². The highest BCUT2D eigenvalue weighted by molar-refractivity contribution is 7.18. The molecule has 1 aromatic heterocycles. The molecule has 144 valence electrons. The van der Waals surface area contributed by atoms with Crippen LogP contribution in [0.4, 0.5) is 9.39 Å². The van der Waals surface area contributed by atoms with Crippen LogP contribution in [0.15, 0.2) is 24.3 Å². The molecular weight excluding hydrogens is 371 g/mol. The van der Waals surface area contributed by atoms with E-state index in [2.05, 4.69) is 5.32 Å². The number of halogens is 1. The Morgan fingerprint density at radius 3 is 2.44 bits per heavy atom. The summed E-state index contributed by atoms with van der Waals surface area (Å²) in [6, 6.07) is 5.20. The molecule has 0 spiro atoms. The van der Waals surface area contributed by atoms with Crippen LogP contribution in [-0.2, 0) is 4.74 Å². The molecule has 1 aromatic carbocycles. The van der Waals surface area contributed by atoms with Crippen LogP contribution in [0, 0.1) is 12.7 Å². The van der Waals surface area contributed by atoms with Gasteiger partial charge in [0.05, 0.1) is 17.6 Å². The Bertz CT molecular complexity index is 875. The van der Waals surface area contributed by atoms with Crippen LogP contribution >= 0.6 is 11.3 Å². The highest BCUT2D eigenvalue weighted by Crippen LogP contribution is 2.35. The number of methoxy groups -OCH3 is 1. The number of benzene rings is 1. The molecule has 2 rings (SSSR count). The van der Waals surface area contributed by atoms with Crippen molar-refractivity contribution in [2.45, 2.75) is 20.8 Å². The summed E-state index contributed by atoms with van der Waals surface area (Å²) in [5.74, 6) is -2.01. The van der Waals surface area contributed by atoms with E-state index in [1.165, 1.54) is 25.3 Å². The first kappa shape index (κ1) is 20.6. The van der Waals surface area contributed by atoms with E-state index in [0.29, 0.717) is 23.5 Å². The SMILES string of the molecule is CCN(CC)C(=O)c1sc(NC(=O)c2cccc(F)c2)c(C(=O)OC)c1C. The molecule has 0 unspecified atom stereocenters. The first-order chi connectivity index (χ1) is 12.8. The van der Waals surface area contributed by atoms with Gasteiger partial charge in [-0.1, -0.05) is 6.07 Å². The Morgan fingerprint density at radius 1 is 1.22 bits per heavy atom. The van der Waals surface area contributed by atoms with E-state index in [-0.39, 0.29) is 22.0 Å². The second-order valence-electron chi connectivity index (χ2n) is 5.69. The number of carbonyl (C=O) groups is 3. The van der Waals surface area contributed by atoms with Crippen LogP contribution in [0.2, 0.25) is 0 Å². The summed E-state index contributed by atoms with van der Waals surface area (Å²) < 4.78 is 18.2. The van der Waals surface area contributed by atoms with Crippen LogP contribution in [0.1, 0.15) is 49.8 Å². The summed E-state index contributed by atoms with van der Waals surface area (Å²) in [7, 11) is 1.23. The Morgan fingerprint density at radius 2 is 1.89 bits per heavy atom. The van der Waals surface area contributed by atoms with Gasteiger partial charge in [0.1, 0.15) is 10.8 Å². The zero-order chi connectivity index (χ0) is 20.1. The van der Waals surface area contributed by atoms with Crippen molar-refractivity contribution in [2.24, 2.45) is 0 Å². The number of carbonyl (C=O) groups excluding carboxylic acids is 3. The van der Waals surface area contributed by atoms with Crippen molar-refractivity contribution < 1.29 is 23.5 Å². The molecule has 0 aliphatic heterocycles. The summed E-state index contributed by atoms with van der Waals surface area (Å²) in [6.45, 7) is 6.39. The minimum absolute atomic E-state index is 0.105. The van der Waals surface area contributed by atoms with Gasteiger partial charge in [0, 0.05) is 18.7 Å². The molecule has 8 heteroatoms. The number of nitrogens with one attached hydrogen (secondary N) is 1. The third kappa shape index (κ3) is 4.33. The van der Waals surface area contributed by atoms with E-state index in [1.807, 2.05) is 13.8 Å². The lowest BCUT2D eigenvalue weighted by molar-refractivity contribution is 0.0601. The fourth-order valence-corrected chi connectivity index (χ4v) is 3.77. The molecule has 0 saturated heterocycles. The van der Waals surface area contributed by atoms with E-state index in [9.17, 15) is 18.8 Å². The molecule has 0 bridgehead atoms. The molecule has 2 aromatic rings. The fraction of sp³-hybridized carbons (Fsp3) is 0.316. The Labute approximate surface area is 160 Å². The zero-order valence-corrected chi connectivity index (χ0v) is 16.4. The maximum absolute atomic E-state index is 13.4. The van der Waals surface area contributed by atoms with Crippen molar-refractivity contribution in [3.8, 4) is 0 Å². The first-order valence-electron chi connectivity index (χ1n) is 8.41. The van der Waals surface area contributed by atoms with Gasteiger partial charge in [0.25, 0.3) is 11.8 Å². The predicted octanol–water partition coefficient (Wildman–Crippen LogP) is 3.72. The second-order valence-corrected chi connectivity index (χ2v) is 6.71. The summed E-state index contributed by atoms with van der Waals surface area (Å²) in [4.78, 5) is 39.4. The number of hydrogen-bond acceptors (Lipinski definition) is 5. The fourth-order valence-electron chi connectivity index (χ4n) is 2.61. The minimum Gasteiger partial charge on any atom is -0.465 e. The van der Waals surface area contributed by atoms with E-state index in [1.54, 1.807) is 11.8 Å². The average molecular weight is 392 g/mol. The van der Waals surface area contributed by atoms with Crippen molar-refractivity contribution in [2.75, 3.05) is 25.5 Å². The van der Waals surface area contributed by atoms with Gasteiger partial charge in [-0.15, -0.1) is 11.3 Å². The van der Waals surface area contributed by atoms with E-state index >= 15 is 0 Å². The van der Waals surface area contributed by atoms with Gasteiger partial charge in [-0.05, 0) is 44.5 Å². The van der Waals surface area contributed by atoms with Crippen molar-refractivity contribution >= 4 is 34.1 Å². The van der Waals surface area contributed by atoms with E-state index in [0.717, 1.165) is 17.4 Å². The molecule has 0 aliphatic rings. The largest absolute Gasteiger partial charge is 0.465 e. The van der Waals surface area contributed by atoms with Crippen LogP contribution in [-0.4, -0.2) is 42.9 Å². The number of hydrogen-bond donors (Lipinski definition) is 1. The van der Waals surface area contributed by atoms with Gasteiger partial charge >= 0.3 is 5.97 Å². The maximum Gasteiger partial charge on any atom is 0.341 e. The Balaban J connectivity index is 2.45. The molecule has 0 radical (unpaired) electrons. The zero-order valence-electron chi connectivity index (χ0n) is 15.6. The molecular formula is C19H21FN2O4S. The van der Waals surface area contributed by atoms with Crippen molar-refractivity contribution in [1.29, 1.82) is 0 Å². The summed E-state index contributed by atoms with van der Waals surface area (Å²) in [5.41, 5.74) is 0.675. The molecule has 27 heavy (non-hydrogen) atoms. The standard InChI is InChI=1S/C19H21FN2O4S/c1-5-22(6-2)18(24)15-11(3)14(19(25)26-4)17(27-15)21-16(23)12-8-7-9-13(20)10-12/h7-10H,5-6H2,1-4H3,(H,21,23). The van der Waals surface area contributed by atoms with E-state index < -0.39 is 17.7 Å². The summed E-state index contributed by atoms with van der Waals surface area (Å²) >= 11 is 1.01. The monoisotopic (exact) mass is 392 g/mol. The van der Waals surface area contributed by atoms with Gasteiger partial charge in [-0.3, -0.25) is 9.59 Å². The molecule has 1 heterocycles. The molecule has 0 fully saturated rings. The summed E-state index contributed by atoms with van der Waals surface area (Å²) in [5, 5.41) is 2.80. The van der Waals surface area contributed by atoms with E-state index in [4.69, 9.17) is 4.74 Å². The average Bonchev–Trinajstić information content (AvgIpc) is 2.97. The topological polar surface area (TPSA) is 75.7 Å². The highest BCUT2D eigenvalue weighted by Gasteiger charge is 2.28. The number of anilines is 1. The van der Waals surface area contributed by atoms with Gasteiger partial charge in [0.15, 0.2) is 0 Å². The lowest BCUT2D eigenvalue weighted by Gasteiger charge is -2.17. The number of rotatable bonds is 6. The highest BCUT2D eigenvalue weighted by atomic mass is 32.1. The van der Waals surface area contributed by atoms with Gasteiger partial charge in [0.2, 0.25) is 0 Å². The Hall–Kier alpha value is -2.74. The molecule has 6 nitrogen and oxygen atoms in total. The Kier molecular flexibility index (Phi) is 6.68. The maximum atomic E-state index is 13.4. The normalized spacial score (nSPS) is 10.4.